The molecule has 1 aliphatic rings. The third kappa shape index (κ3) is 5.51. The highest BCUT2D eigenvalue weighted by Gasteiger charge is 2.28. The Kier molecular flexibility index (Phi) is 6.62. The Labute approximate surface area is 190 Å². The van der Waals surface area contributed by atoms with Crippen LogP contribution in [0.25, 0.3) is 10.9 Å². The van der Waals surface area contributed by atoms with Gasteiger partial charge in [0.2, 0.25) is 5.88 Å². The number of aryl methyl sites for hydroxylation is 1. The van der Waals surface area contributed by atoms with E-state index in [-0.39, 0.29) is 36.0 Å². The van der Waals surface area contributed by atoms with Crippen LogP contribution in [0.15, 0.2) is 41.2 Å². The Bertz CT molecular complexity index is 1180. The average Bonchev–Trinajstić information content (AvgIpc) is 3.23. The lowest BCUT2D eigenvalue weighted by atomic mass is 10.0. The van der Waals surface area contributed by atoms with Crippen LogP contribution in [0.3, 0.4) is 0 Å². The predicted octanol–water partition coefficient (Wildman–Crippen LogP) is 1.77. The second kappa shape index (κ2) is 9.76. The van der Waals surface area contributed by atoms with E-state index in [0.717, 1.165) is 29.4 Å². The van der Waals surface area contributed by atoms with Gasteiger partial charge in [-0.1, -0.05) is 11.6 Å². The Morgan fingerprint density at radius 2 is 2.12 bits per heavy atom. The molecule has 3 aromatic rings. The molecule has 0 bridgehead atoms. The van der Waals surface area contributed by atoms with Crippen molar-refractivity contribution in [3.05, 3.63) is 58.0 Å². The van der Waals surface area contributed by atoms with Gasteiger partial charge in [-0.3, -0.25) is 9.59 Å². The molecular weight excluding hydrogens is 424 g/mol. The van der Waals surface area contributed by atoms with Crippen LogP contribution in [-0.2, 0) is 11.3 Å². The van der Waals surface area contributed by atoms with Crippen molar-refractivity contribution < 1.29 is 14.3 Å². The van der Waals surface area contributed by atoms with Crippen LogP contribution >= 0.6 is 0 Å². The van der Waals surface area contributed by atoms with Gasteiger partial charge < -0.3 is 24.8 Å². The highest BCUT2D eigenvalue weighted by atomic mass is 16.5. The number of fused-ring (bicyclic) bond motifs is 1. The summed E-state index contributed by atoms with van der Waals surface area (Å²) in [5, 5.41) is 10.1. The molecule has 0 aliphatic carbocycles. The van der Waals surface area contributed by atoms with Gasteiger partial charge in [-0.25, -0.2) is 9.89 Å². The van der Waals surface area contributed by atoms with E-state index in [1.807, 2.05) is 25.1 Å². The monoisotopic (exact) mass is 452 g/mol. The number of benzene rings is 1. The zero-order valence-electron chi connectivity index (χ0n) is 18.8. The van der Waals surface area contributed by atoms with Gasteiger partial charge in [0.1, 0.15) is 0 Å². The first-order valence-corrected chi connectivity index (χ1v) is 10.9. The lowest BCUT2D eigenvalue weighted by Gasteiger charge is -2.37. The molecule has 0 spiro atoms. The molecular formula is C23H28N6O4. The average molecular weight is 453 g/mol. The zero-order valence-corrected chi connectivity index (χ0v) is 18.8. The number of carbonyl (C=O) groups is 2. The molecule has 33 heavy (non-hydrogen) atoms. The minimum atomic E-state index is -0.339. The number of amides is 3. The van der Waals surface area contributed by atoms with E-state index in [0.29, 0.717) is 19.6 Å². The molecule has 0 saturated carbocycles. The largest absolute Gasteiger partial charge is 0.467 e. The minimum Gasteiger partial charge on any atom is -0.467 e. The van der Waals surface area contributed by atoms with Gasteiger partial charge in [-0.15, -0.1) is 5.10 Å². The van der Waals surface area contributed by atoms with Crippen LogP contribution in [-0.4, -0.2) is 69.7 Å². The van der Waals surface area contributed by atoms with E-state index in [4.69, 9.17) is 4.74 Å². The van der Waals surface area contributed by atoms with Crippen LogP contribution in [0.2, 0.25) is 0 Å². The number of urea groups is 1. The van der Waals surface area contributed by atoms with Crippen LogP contribution in [0, 0.1) is 6.92 Å². The highest BCUT2D eigenvalue weighted by molar-refractivity contribution is 5.81. The van der Waals surface area contributed by atoms with Crippen molar-refractivity contribution in [2.75, 3.05) is 26.7 Å². The van der Waals surface area contributed by atoms with Gasteiger partial charge in [0, 0.05) is 43.5 Å². The summed E-state index contributed by atoms with van der Waals surface area (Å²) in [7, 11) is 1.75. The highest BCUT2D eigenvalue weighted by Crippen LogP contribution is 2.18. The van der Waals surface area contributed by atoms with E-state index >= 15 is 0 Å². The maximum Gasteiger partial charge on any atom is 0.317 e. The lowest BCUT2D eigenvalue weighted by Crippen LogP contribution is -2.53. The summed E-state index contributed by atoms with van der Waals surface area (Å²) in [5.41, 5.74) is 2.83. The zero-order chi connectivity index (χ0) is 23.4. The van der Waals surface area contributed by atoms with Gasteiger partial charge >= 0.3 is 6.03 Å². The number of nitrogens with zero attached hydrogens (tertiary/aromatic N) is 3. The summed E-state index contributed by atoms with van der Waals surface area (Å²) in [6.45, 7) is 3.32. The molecule has 3 N–H and O–H groups in total. The fourth-order valence-electron chi connectivity index (χ4n) is 4.01. The van der Waals surface area contributed by atoms with Crippen LogP contribution in [0.5, 0.6) is 5.88 Å². The van der Waals surface area contributed by atoms with E-state index in [2.05, 4.69) is 26.6 Å². The Hall–Kier alpha value is -3.82. The standard InChI is InChI=1S/C23H28N6O4/c1-15-5-6-19-16(10-15)11-17(25-19)12-24-23(32)28(2)18-4-3-9-29(13-18)22(31)14-33-21-8-7-20(30)26-27-21/h5-8,10-11,18,25H,3-4,9,12-14H2,1-2H3,(H,24,32)(H,26,30)/t18-/m1/s1. The first-order chi connectivity index (χ1) is 15.9. The quantitative estimate of drug-likeness (QED) is 0.526. The van der Waals surface area contributed by atoms with Crippen molar-refractivity contribution >= 4 is 22.8 Å². The molecule has 3 heterocycles. The summed E-state index contributed by atoms with van der Waals surface area (Å²) >= 11 is 0. The van der Waals surface area contributed by atoms with Crippen molar-refractivity contribution in [1.82, 2.24) is 30.3 Å². The van der Waals surface area contributed by atoms with E-state index in [1.165, 1.54) is 17.7 Å². The number of hydrogen-bond acceptors (Lipinski definition) is 5. The number of H-pyrrole nitrogens is 2. The molecule has 2 aromatic heterocycles. The molecule has 4 rings (SSSR count). The van der Waals surface area contributed by atoms with Gasteiger partial charge in [-0.2, -0.15) is 0 Å². The molecule has 0 unspecified atom stereocenters. The number of nitrogens with one attached hydrogen (secondary N) is 3. The van der Waals surface area contributed by atoms with Crippen molar-refractivity contribution in [3.63, 3.8) is 0 Å². The second-order valence-electron chi connectivity index (χ2n) is 8.34. The Morgan fingerprint density at radius 1 is 1.27 bits per heavy atom. The first-order valence-electron chi connectivity index (χ1n) is 10.9. The third-order valence-electron chi connectivity index (χ3n) is 5.88. The second-order valence-corrected chi connectivity index (χ2v) is 8.34. The van der Waals surface area contributed by atoms with Gasteiger partial charge in [0.25, 0.3) is 11.5 Å². The smallest absolute Gasteiger partial charge is 0.317 e. The Balaban J connectivity index is 1.28. The van der Waals surface area contributed by atoms with Crippen LogP contribution < -0.4 is 15.6 Å². The van der Waals surface area contributed by atoms with Gasteiger partial charge in [-0.05, 0) is 43.4 Å². The Morgan fingerprint density at radius 3 is 2.91 bits per heavy atom. The number of rotatable bonds is 6. The molecule has 1 saturated heterocycles. The molecule has 1 aromatic carbocycles. The van der Waals surface area contributed by atoms with Crippen molar-refractivity contribution in [1.29, 1.82) is 0 Å². The van der Waals surface area contributed by atoms with Gasteiger partial charge in [0.15, 0.2) is 6.61 Å². The number of ether oxygens (including phenoxy) is 1. The normalized spacial score (nSPS) is 15.9. The van der Waals surface area contributed by atoms with Crippen LogP contribution in [0.1, 0.15) is 24.1 Å². The fraction of sp³-hybridized carbons (Fsp3) is 0.391. The summed E-state index contributed by atoms with van der Waals surface area (Å²) in [6.07, 6.45) is 1.62. The van der Waals surface area contributed by atoms with Gasteiger partial charge in [0.05, 0.1) is 12.6 Å². The molecule has 174 valence electrons. The number of carbonyl (C=O) groups excluding carboxylic acids is 2. The maximum absolute atomic E-state index is 12.7. The summed E-state index contributed by atoms with van der Waals surface area (Å²) < 4.78 is 5.37. The third-order valence-corrected chi connectivity index (χ3v) is 5.88. The van der Waals surface area contributed by atoms with Crippen LogP contribution in [0.4, 0.5) is 4.79 Å². The summed E-state index contributed by atoms with van der Waals surface area (Å²) in [6, 6.07) is 10.7. The molecule has 0 radical (unpaired) electrons. The fourth-order valence-corrected chi connectivity index (χ4v) is 4.01. The molecule has 1 fully saturated rings. The molecule has 10 nitrogen and oxygen atoms in total. The summed E-state index contributed by atoms with van der Waals surface area (Å²) in [5.74, 6) is -0.00461. The molecule has 3 amide bonds. The number of likely N-dealkylation sites (tertiary alicyclic amines) is 1. The van der Waals surface area contributed by atoms with Crippen molar-refractivity contribution in [2.24, 2.45) is 0 Å². The molecule has 1 atom stereocenters. The van der Waals surface area contributed by atoms with E-state index in [9.17, 15) is 14.4 Å². The minimum absolute atomic E-state index is 0.0840. The molecule has 1 aliphatic heterocycles. The topological polar surface area (TPSA) is 123 Å². The molecule has 10 heteroatoms. The van der Waals surface area contributed by atoms with E-state index < -0.39 is 0 Å². The number of piperidine rings is 1. The number of aromatic amines is 2. The lowest BCUT2D eigenvalue weighted by molar-refractivity contribution is -0.135. The summed E-state index contributed by atoms with van der Waals surface area (Å²) in [4.78, 5) is 43.0. The number of likely N-dealkylation sites (N-methyl/N-ethyl adjacent to an activating group) is 1. The van der Waals surface area contributed by atoms with Crippen molar-refractivity contribution in [2.45, 2.75) is 32.4 Å². The SMILES string of the molecule is Cc1ccc2[nH]c(CNC(=O)N(C)[C@@H]3CCCN(C(=O)COc4ccc(=O)[nH]n4)C3)cc2c1. The van der Waals surface area contributed by atoms with E-state index in [1.54, 1.807) is 16.8 Å². The number of aromatic nitrogens is 3. The number of hydrogen-bond donors (Lipinski definition) is 3. The first kappa shape index (κ1) is 22.4. The predicted molar refractivity (Wildman–Crippen MR) is 123 cm³/mol. The maximum atomic E-state index is 12.7. The van der Waals surface area contributed by atoms with Crippen molar-refractivity contribution in [3.8, 4) is 5.88 Å².